The van der Waals surface area contributed by atoms with Gasteiger partial charge in [0.05, 0.1) is 16.1 Å². The van der Waals surface area contributed by atoms with Crippen LogP contribution in [0.4, 0.5) is 0 Å². The lowest BCUT2D eigenvalue weighted by molar-refractivity contribution is -0.130. The van der Waals surface area contributed by atoms with E-state index in [4.69, 9.17) is 23.2 Å². The van der Waals surface area contributed by atoms with Crippen molar-refractivity contribution in [2.24, 2.45) is 5.92 Å². The zero-order valence-electron chi connectivity index (χ0n) is 18.8. The first-order valence-electron chi connectivity index (χ1n) is 11.6. The summed E-state index contributed by atoms with van der Waals surface area (Å²) in [5.74, 6) is -0.0565. The second-order valence-electron chi connectivity index (χ2n) is 8.77. The van der Waals surface area contributed by atoms with E-state index in [9.17, 15) is 19.8 Å². The van der Waals surface area contributed by atoms with Crippen molar-refractivity contribution in [2.75, 3.05) is 52.4 Å². The molecule has 2 N–H and O–H groups in total. The standard InChI is InChI=1S/C24H33Cl2N3O4/c25-20-5-3-18(15-21(20)26)4-6-23(32)29-12-8-24(33)28(13-14-29)10-2-1-9-27-11-7-19(17-30)22(31)16-27/h3-6,15,19,22,30-31H,1-2,7-14,16-17H2/t19-,22-/m0/s1. The molecule has 0 bridgehead atoms. The molecule has 2 fully saturated rings. The smallest absolute Gasteiger partial charge is 0.246 e. The zero-order chi connectivity index (χ0) is 23.8. The van der Waals surface area contributed by atoms with Crippen molar-refractivity contribution < 1.29 is 19.8 Å². The van der Waals surface area contributed by atoms with Gasteiger partial charge < -0.3 is 24.9 Å². The molecule has 33 heavy (non-hydrogen) atoms. The van der Waals surface area contributed by atoms with E-state index in [-0.39, 0.29) is 24.3 Å². The molecule has 3 rings (SSSR count). The highest BCUT2D eigenvalue weighted by Crippen LogP contribution is 2.23. The third kappa shape index (κ3) is 7.69. The quantitative estimate of drug-likeness (QED) is 0.425. The molecule has 2 amide bonds. The molecular formula is C24H33Cl2N3O4. The molecule has 1 aromatic rings. The van der Waals surface area contributed by atoms with Crippen LogP contribution in [0.15, 0.2) is 24.3 Å². The molecule has 2 heterocycles. The summed E-state index contributed by atoms with van der Waals surface area (Å²) < 4.78 is 0. The van der Waals surface area contributed by atoms with E-state index in [1.807, 2.05) is 4.90 Å². The van der Waals surface area contributed by atoms with Crippen molar-refractivity contribution in [1.29, 1.82) is 0 Å². The minimum atomic E-state index is -0.467. The van der Waals surface area contributed by atoms with Crippen LogP contribution >= 0.6 is 23.2 Å². The van der Waals surface area contributed by atoms with Crippen LogP contribution in [-0.2, 0) is 9.59 Å². The Hall–Kier alpha value is -1.64. The van der Waals surface area contributed by atoms with Crippen LogP contribution in [0.1, 0.15) is 31.2 Å². The Labute approximate surface area is 205 Å². The Kier molecular flexibility index (Phi) is 10.0. The van der Waals surface area contributed by atoms with E-state index < -0.39 is 6.10 Å². The van der Waals surface area contributed by atoms with Gasteiger partial charge in [-0.15, -0.1) is 0 Å². The van der Waals surface area contributed by atoms with Gasteiger partial charge in [0.2, 0.25) is 11.8 Å². The maximum atomic E-state index is 12.6. The van der Waals surface area contributed by atoms with Gasteiger partial charge in [-0.1, -0.05) is 29.3 Å². The van der Waals surface area contributed by atoms with E-state index >= 15 is 0 Å². The van der Waals surface area contributed by atoms with Gasteiger partial charge >= 0.3 is 0 Å². The van der Waals surface area contributed by atoms with Gasteiger partial charge in [0.25, 0.3) is 0 Å². The number of β-amino-alcohol motifs (C(OH)–C–C–N with tert-alkyl or cyclic N) is 1. The molecule has 2 atom stereocenters. The number of hydrogen-bond donors (Lipinski definition) is 2. The van der Waals surface area contributed by atoms with Gasteiger partial charge in [0, 0.05) is 57.7 Å². The zero-order valence-corrected chi connectivity index (χ0v) is 20.3. The molecule has 0 radical (unpaired) electrons. The Morgan fingerprint density at radius 1 is 1.09 bits per heavy atom. The normalized spacial score (nSPS) is 22.7. The first kappa shape index (κ1) is 26.0. The number of aliphatic hydroxyl groups is 2. The molecule has 0 aromatic heterocycles. The average Bonchev–Trinajstić information content (AvgIpc) is 2.99. The molecule has 7 nitrogen and oxygen atoms in total. The predicted molar refractivity (Wildman–Crippen MR) is 130 cm³/mol. The molecule has 1 aromatic carbocycles. The van der Waals surface area contributed by atoms with E-state index in [2.05, 4.69) is 4.90 Å². The summed E-state index contributed by atoms with van der Waals surface area (Å²) in [5, 5.41) is 20.2. The lowest BCUT2D eigenvalue weighted by Crippen LogP contribution is -2.45. The van der Waals surface area contributed by atoms with Crippen LogP contribution in [0, 0.1) is 5.92 Å². The highest BCUT2D eigenvalue weighted by molar-refractivity contribution is 6.42. The van der Waals surface area contributed by atoms with E-state index in [1.54, 1.807) is 29.2 Å². The van der Waals surface area contributed by atoms with Gasteiger partial charge in [0.1, 0.15) is 0 Å². The molecule has 2 aliphatic heterocycles. The first-order valence-corrected chi connectivity index (χ1v) is 12.3. The van der Waals surface area contributed by atoms with Crippen LogP contribution in [0.25, 0.3) is 6.08 Å². The molecule has 0 spiro atoms. The number of carbonyl (C=O) groups is 2. The van der Waals surface area contributed by atoms with E-state index in [0.717, 1.165) is 37.9 Å². The van der Waals surface area contributed by atoms with Crippen LogP contribution < -0.4 is 0 Å². The third-order valence-electron chi connectivity index (χ3n) is 6.45. The summed E-state index contributed by atoms with van der Waals surface area (Å²) in [4.78, 5) is 30.9. The topological polar surface area (TPSA) is 84.3 Å². The number of unbranched alkanes of at least 4 members (excludes halogenated alkanes) is 1. The second-order valence-corrected chi connectivity index (χ2v) is 9.58. The Morgan fingerprint density at radius 3 is 2.61 bits per heavy atom. The number of rotatable bonds is 8. The number of amides is 2. The highest BCUT2D eigenvalue weighted by Gasteiger charge is 2.27. The number of carbonyl (C=O) groups excluding carboxylic acids is 2. The maximum absolute atomic E-state index is 12.6. The highest BCUT2D eigenvalue weighted by atomic mass is 35.5. The fraction of sp³-hybridized carbons (Fsp3) is 0.583. The van der Waals surface area contributed by atoms with Crippen LogP contribution in [0.2, 0.25) is 10.0 Å². The van der Waals surface area contributed by atoms with Gasteiger partial charge in [-0.25, -0.2) is 0 Å². The summed E-state index contributed by atoms with van der Waals surface area (Å²) >= 11 is 11.9. The number of benzene rings is 1. The minimum absolute atomic E-state index is 0.0135. The van der Waals surface area contributed by atoms with E-state index in [0.29, 0.717) is 49.2 Å². The largest absolute Gasteiger partial charge is 0.396 e. The number of hydrogen-bond acceptors (Lipinski definition) is 5. The predicted octanol–water partition coefficient (Wildman–Crippen LogP) is 2.52. The fourth-order valence-electron chi connectivity index (χ4n) is 4.31. The maximum Gasteiger partial charge on any atom is 0.246 e. The summed E-state index contributed by atoms with van der Waals surface area (Å²) in [7, 11) is 0. The average molecular weight is 498 g/mol. The molecule has 9 heteroatoms. The fourth-order valence-corrected chi connectivity index (χ4v) is 4.62. The van der Waals surface area contributed by atoms with Crippen LogP contribution in [0.5, 0.6) is 0 Å². The van der Waals surface area contributed by atoms with Gasteiger partial charge in [-0.2, -0.15) is 0 Å². The Morgan fingerprint density at radius 2 is 1.88 bits per heavy atom. The Bertz CT molecular complexity index is 851. The summed E-state index contributed by atoms with van der Waals surface area (Å²) in [6.45, 7) is 4.53. The lowest BCUT2D eigenvalue weighted by atomic mass is 9.94. The monoisotopic (exact) mass is 497 g/mol. The van der Waals surface area contributed by atoms with Crippen molar-refractivity contribution >= 4 is 41.1 Å². The summed E-state index contributed by atoms with van der Waals surface area (Å²) in [6.07, 6.45) is 5.70. The Balaban J connectivity index is 1.40. The van der Waals surface area contributed by atoms with Crippen molar-refractivity contribution in [1.82, 2.24) is 14.7 Å². The van der Waals surface area contributed by atoms with E-state index in [1.165, 1.54) is 6.08 Å². The lowest BCUT2D eigenvalue weighted by Gasteiger charge is -2.35. The molecule has 0 saturated carbocycles. The van der Waals surface area contributed by atoms with Crippen LogP contribution in [-0.4, -0.2) is 95.3 Å². The van der Waals surface area contributed by atoms with Crippen molar-refractivity contribution in [3.05, 3.63) is 39.9 Å². The summed E-state index contributed by atoms with van der Waals surface area (Å²) in [5.41, 5.74) is 0.790. The number of nitrogens with zero attached hydrogens (tertiary/aromatic N) is 3. The molecule has 2 saturated heterocycles. The number of halogens is 2. The molecule has 0 aliphatic carbocycles. The number of aliphatic hydroxyl groups excluding tert-OH is 2. The molecule has 2 aliphatic rings. The SMILES string of the molecule is O=C(C=Cc1ccc(Cl)c(Cl)c1)N1CCC(=O)N(CCCCN2CC[C@@H](CO)[C@@H](O)C2)CC1. The van der Waals surface area contributed by atoms with Crippen molar-refractivity contribution in [3.63, 3.8) is 0 Å². The van der Waals surface area contributed by atoms with Gasteiger partial charge in [-0.05, 0) is 56.1 Å². The first-order chi connectivity index (χ1) is 15.9. The van der Waals surface area contributed by atoms with Crippen molar-refractivity contribution in [3.8, 4) is 0 Å². The molecular weight excluding hydrogens is 465 g/mol. The van der Waals surface area contributed by atoms with Gasteiger partial charge in [0.15, 0.2) is 0 Å². The second kappa shape index (κ2) is 12.7. The number of piperidine rings is 1. The van der Waals surface area contributed by atoms with Crippen LogP contribution in [0.3, 0.4) is 0 Å². The minimum Gasteiger partial charge on any atom is -0.396 e. The molecule has 182 valence electrons. The third-order valence-corrected chi connectivity index (χ3v) is 7.19. The number of likely N-dealkylation sites (tertiary alicyclic amines) is 1. The summed E-state index contributed by atoms with van der Waals surface area (Å²) in [6, 6.07) is 5.19. The van der Waals surface area contributed by atoms with Crippen molar-refractivity contribution in [2.45, 2.75) is 31.8 Å². The van der Waals surface area contributed by atoms with Gasteiger partial charge in [-0.3, -0.25) is 9.59 Å². The molecule has 0 unspecified atom stereocenters.